The van der Waals surface area contributed by atoms with Crippen LogP contribution < -0.4 is 0 Å². The van der Waals surface area contributed by atoms with Crippen LogP contribution in [0.15, 0.2) is 65.5 Å². The molecule has 3 aromatic heterocycles. The van der Waals surface area contributed by atoms with E-state index in [1.807, 2.05) is 24.5 Å². The molecule has 0 aliphatic rings. The predicted molar refractivity (Wildman–Crippen MR) is 98.7 cm³/mol. The monoisotopic (exact) mass is 378 g/mol. The van der Waals surface area contributed by atoms with Gasteiger partial charge in [-0.3, -0.25) is 0 Å². The van der Waals surface area contributed by atoms with Gasteiger partial charge in [0, 0.05) is 40.4 Å². The van der Waals surface area contributed by atoms with Gasteiger partial charge in [0.1, 0.15) is 11.5 Å². The zero-order valence-corrected chi connectivity index (χ0v) is 14.5. The highest BCUT2D eigenvalue weighted by Gasteiger charge is 2.10. The molecule has 5 heteroatoms. The fourth-order valence-electron chi connectivity index (χ4n) is 2.76. The summed E-state index contributed by atoms with van der Waals surface area (Å²) in [5, 5.41) is 1.05. The van der Waals surface area contributed by atoms with Crippen LogP contribution in [0.5, 0.6) is 0 Å². The van der Waals surface area contributed by atoms with Gasteiger partial charge in [-0.05, 0) is 40.0 Å². The minimum Gasteiger partial charge on any atom is -0.345 e. The molecule has 0 saturated heterocycles. The van der Waals surface area contributed by atoms with E-state index in [0.717, 1.165) is 45.4 Å². The Morgan fingerprint density at radius 2 is 1.88 bits per heavy atom. The molecule has 3 heterocycles. The van der Waals surface area contributed by atoms with Gasteiger partial charge in [-0.2, -0.15) is 0 Å². The van der Waals surface area contributed by atoms with Crippen molar-refractivity contribution < 1.29 is 0 Å². The largest absolute Gasteiger partial charge is 0.345 e. The van der Waals surface area contributed by atoms with Gasteiger partial charge in [-0.25, -0.2) is 15.0 Å². The minimum absolute atomic E-state index is 0.822. The van der Waals surface area contributed by atoms with Crippen molar-refractivity contribution in [2.45, 2.75) is 12.8 Å². The molecule has 4 nitrogen and oxygen atoms in total. The fraction of sp³-hybridized carbons (Fsp3) is 0.105. The summed E-state index contributed by atoms with van der Waals surface area (Å²) in [6, 6.07) is 14.4. The van der Waals surface area contributed by atoms with E-state index >= 15 is 0 Å². The Bertz CT molecular complexity index is 979. The summed E-state index contributed by atoms with van der Waals surface area (Å²) >= 11 is 3.48. The molecule has 0 radical (unpaired) electrons. The third-order valence-electron chi connectivity index (χ3n) is 3.96. The standard InChI is InChI=1S/C19H15BrN4/c20-14-10-15-16(12-23-19(15)22-11-14)17-8-9-21-18(24-17)7-6-13-4-2-1-3-5-13/h1-5,8-12H,6-7H2,(H,22,23). The fourth-order valence-corrected chi connectivity index (χ4v) is 3.09. The number of pyridine rings is 1. The lowest BCUT2D eigenvalue weighted by Crippen LogP contribution is -1.99. The number of rotatable bonds is 4. The second kappa shape index (κ2) is 6.53. The van der Waals surface area contributed by atoms with Gasteiger partial charge in [0.25, 0.3) is 0 Å². The molecule has 118 valence electrons. The molecule has 0 bridgehead atoms. The number of aromatic amines is 1. The Hall–Kier alpha value is -2.53. The van der Waals surface area contributed by atoms with Crippen molar-refractivity contribution in [3.8, 4) is 11.3 Å². The van der Waals surface area contributed by atoms with Crippen molar-refractivity contribution in [3.05, 3.63) is 76.9 Å². The zero-order valence-electron chi connectivity index (χ0n) is 12.9. The first kappa shape index (κ1) is 15.0. The van der Waals surface area contributed by atoms with E-state index in [9.17, 15) is 0 Å². The van der Waals surface area contributed by atoms with E-state index in [1.54, 1.807) is 6.20 Å². The number of hydrogen-bond acceptors (Lipinski definition) is 3. The molecule has 0 unspecified atom stereocenters. The first-order valence-corrected chi connectivity index (χ1v) is 8.58. The molecule has 1 N–H and O–H groups in total. The number of H-pyrrole nitrogens is 1. The van der Waals surface area contributed by atoms with E-state index < -0.39 is 0 Å². The minimum atomic E-state index is 0.822. The van der Waals surface area contributed by atoms with E-state index in [-0.39, 0.29) is 0 Å². The van der Waals surface area contributed by atoms with Gasteiger partial charge in [0.2, 0.25) is 0 Å². The SMILES string of the molecule is Brc1cnc2[nH]cc(-c3ccnc(CCc4ccccc4)n3)c2c1. The topological polar surface area (TPSA) is 54.5 Å². The third-order valence-corrected chi connectivity index (χ3v) is 4.39. The maximum Gasteiger partial charge on any atom is 0.137 e. The summed E-state index contributed by atoms with van der Waals surface area (Å²) < 4.78 is 0.953. The van der Waals surface area contributed by atoms with Crippen molar-refractivity contribution in [1.29, 1.82) is 0 Å². The molecule has 4 rings (SSSR count). The number of aromatic nitrogens is 4. The van der Waals surface area contributed by atoms with Crippen LogP contribution >= 0.6 is 15.9 Å². The van der Waals surface area contributed by atoms with E-state index in [4.69, 9.17) is 4.98 Å². The molecule has 0 aliphatic heterocycles. The maximum atomic E-state index is 4.74. The van der Waals surface area contributed by atoms with Crippen LogP contribution in [0.1, 0.15) is 11.4 Å². The van der Waals surface area contributed by atoms with E-state index in [1.165, 1.54) is 5.56 Å². The number of fused-ring (bicyclic) bond motifs is 1. The number of benzene rings is 1. The van der Waals surface area contributed by atoms with Crippen LogP contribution in [0, 0.1) is 0 Å². The predicted octanol–water partition coefficient (Wildman–Crippen LogP) is 4.57. The molecule has 0 saturated carbocycles. The van der Waals surface area contributed by atoms with Gasteiger partial charge in [0.15, 0.2) is 0 Å². The molecule has 24 heavy (non-hydrogen) atoms. The number of hydrogen-bond donors (Lipinski definition) is 1. The number of nitrogens with zero attached hydrogens (tertiary/aromatic N) is 3. The normalized spacial score (nSPS) is 11.0. The maximum absolute atomic E-state index is 4.74. The van der Waals surface area contributed by atoms with Crippen LogP contribution in [0.3, 0.4) is 0 Å². The Morgan fingerprint density at radius 1 is 1.00 bits per heavy atom. The molecular formula is C19H15BrN4. The molecule has 4 aromatic rings. The number of halogens is 1. The average molecular weight is 379 g/mol. The second-order valence-corrected chi connectivity index (χ2v) is 6.51. The van der Waals surface area contributed by atoms with Gasteiger partial charge in [-0.15, -0.1) is 0 Å². The lowest BCUT2D eigenvalue weighted by atomic mass is 10.1. The third kappa shape index (κ3) is 3.08. The van der Waals surface area contributed by atoms with Crippen molar-refractivity contribution in [2.24, 2.45) is 0 Å². The summed E-state index contributed by atoms with van der Waals surface area (Å²) in [5.74, 6) is 0.855. The molecule has 0 fully saturated rings. The molecule has 0 aliphatic carbocycles. The number of aryl methyl sites for hydroxylation is 2. The Labute approximate surface area is 148 Å². The van der Waals surface area contributed by atoms with Crippen LogP contribution in [0.4, 0.5) is 0 Å². The summed E-state index contributed by atoms with van der Waals surface area (Å²) in [5.41, 5.74) is 4.12. The summed E-state index contributed by atoms with van der Waals surface area (Å²) in [4.78, 5) is 16.7. The molecule has 0 spiro atoms. The Morgan fingerprint density at radius 3 is 2.75 bits per heavy atom. The first-order chi connectivity index (χ1) is 11.8. The average Bonchev–Trinajstić information content (AvgIpc) is 3.04. The smallest absolute Gasteiger partial charge is 0.137 e. The van der Waals surface area contributed by atoms with Gasteiger partial charge in [-0.1, -0.05) is 30.3 Å². The highest BCUT2D eigenvalue weighted by molar-refractivity contribution is 9.10. The van der Waals surface area contributed by atoms with Crippen LogP contribution in [0.2, 0.25) is 0 Å². The Balaban J connectivity index is 1.63. The highest BCUT2D eigenvalue weighted by atomic mass is 79.9. The highest BCUT2D eigenvalue weighted by Crippen LogP contribution is 2.28. The molecule has 0 atom stereocenters. The molecule has 0 amide bonds. The molecular weight excluding hydrogens is 364 g/mol. The van der Waals surface area contributed by atoms with E-state index in [0.29, 0.717) is 0 Å². The van der Waals surface area contributed by atoms with Crippen LogP contribution in [-0.4, -0.2) is 19.9 Å². The van der Waals surface area contributed by atoms with E-state index in [2.05, 4.69) is 61.2 Å². The first-order valence-electron chi connectivity index (χ1n) is 7.78. The van der Waals surface area contributed by atoms with Crippen LogP contribution in [0.25, 0.3) is 22.3 Å². The van der Waals surface area contributed by atoms with Crippen molar-refractivity contribution in [1.82, 2.24) is 19.9 Å². The lowest BCUT2D eigenvalue weighted by Gasteiger charge is -2.04. The van der Waals surface area contributed by atoms with Crippen molar-refractivity contribution in [3.63, 3.8) is 0 Å². The van der Waals surface area contributed by atoms with Gasteiger partial charge in [0.05, 0.1) is 5.69 Å². The number of nitrogens with one attached hydrogen (secondary N) is 1. The zero-order chi connectivity index (χ0) is 16.4. The summed E-state index contributed by atoms with van der Waals surface area (Å²) in [6.07, 6.45) is 7.32. The van der Waals surface area contributed by atoms with Crippen molar-refractivity contribution >= 4 is 27.0 Å². The quantitative estimate of drug-likeness (QED) is 0.565. The van der Waals surface area contributed by atoms with Crippen molar-refractivity contribution in [2.75, 3.05) is 0 Å². The summed E-state index contributed by atoms with van der Waals surface area (Å²) in [6.45, 7) is 0. The van der Waals surface area contributed by atoms with Gasteiger partial charge >= 0.3 is 0 Å². The summed E-state index contributed by atoms with van der Waals surface area (Å²) in [7, 11) is 0. The lowest BCUT2D eigenvalue weighted by molar-refractivity contribution is 0.860. The van der Waals surface area contributed by atoms with Gasteiger partial charge < -0.3 is 4.98 Å². The second-order valence-electron chi connectivity index (χ2n) is 5.60. The van der Waals surface area contributed by atoms with Crippen LogP contribution in [-0.2, 0) is 12.8 Å². The molecule has 1 aromatic carbocycles. The Kier molecular flexibility index (Phi) is 4.09.